The quantitative estimate of drug-likeness (QED) is 0.465. The fourth-order valence-electron chi connectivity index (χ4n) is 2.58. The van der Waals surface area contributed by atoms with Crippen molar-refractivity contribution in [2.24, 2.45) is 10.4 Å². The molecular weight excluding hydrogens is 236 g/mol. The largest absolute Gasteiger partial charge is 0.314 e. The summed E-state index contributed by atoms with van der Waals surface area (Å²) < 4.78 is 0. The lowest BCUT2D eigenvalue weighted by molar-refractivity contribution is -0.129. The third-order valence-electron chi connectivity index (χ3n) is 4.60. The smallest absolute Gasteiger partial charge is 0.231 e. The fourth-order valence-corrected chi connectivity index (χ4v) is 2.58. The van der Waals surface area contributed by atoms with Gasteiger partial charge in [0, 0.05) is 5.41 Å². The molecular formula is C16H30N2O. The molecule has 0 aliphatic heterocycles. The minimum atomic E-state index is -0.264. The summed E-state index contributed by atoms with van der Waals surface area (Å²) >= 11 is 0. The van der Waals surface area contributed by atoms with E-state index in [1.54, 1.807) is 0 Å². The zero-order chi connectivity index (χ0) is 14.3. The van der Waals surface area contributed by atoms with Crippen LogP contribution >= 0.6 is 0 Å². The average Bonchev–Trinajstić information content (AvgIpc) is 2.66. The van der Waals surface area contributed by atoms with E-state index >= 15 is 0 Å². The molecule has 1 aliphatic carbocycles. The molecule has 3 nitrogen and oxygen atoms in total. The molecule has 1 amide bonds. The van der Waals surface area contributed by atoms with Gasteiger partial charge in [0.25, 0.3) is 0 Å². The SMILES string of the molecule is CCC(C)(CC)C(=O)NC(C)=NC1CCCCCC1. The van der Waals surface area contributed by atoms with Gasteiger partial charge in [0.05, 0.1) is 6.04 Å². The third kappa shape index (κ3) is 4.96. The lowest BCUT2D eigenvalue weighted by atomic mass is 9.84. The van der Waals surface area contributed by atoms with Gasteiger partial charge in [0.15, 0.2) is 0 Å². The second-order valence-electron chi connectivity index (χ2n) is 6.08. The molecule has 19 heavy (non-hydrogen) atoms. The van der Waals surface area contributed by atoms with Gasteiger partial charge in [-0.2, -0.15) is 0 Å². The molecule has 1 N–H and O–H groups in total. The molecule has 0 saturated heterocycles. The zero-order valence-electron chi connectivity index (χ0n) is 13.1. The number of carbonyl (C=O) groups excluding carboxylic acids is 1. The Balaban J connectivity index is 2.57. The highest BCUT2D eigenvalue weighted by Crippen LogP contribution is 2.25. The first-order valence-electron chi connectivity index (χ1n) is 7.87. The van der Waals surface area contributed by atoms with Crippen molar-refractivity contribution in [2.45, 2.75) is 85.1 Å². The number of aliphatic imine (C=N–C) groups is 1. The van der Waals surface area contributed by atoms with Crippen LogP contribution in [0.2, 0.25) is 0 Å². The lowest BCUT2D eigenvalue weighted by Crippen LogP contribution is -2.41. The predicted octanol–water partition coefficient (Wildman–Crippen LogP) is 4.07. The Morgan fingerprint density at radius 2 is 1.68 bits per heavy atom. The molecule has 3 heteroatoms. The molecule has 0 radical (unpaired) electrons. The predicted molar refractivity (Wildman–Crippen MR) is 81.4 cm³/mol. The number of amides is 1. The maximum absolute atomic E-state index is 12.3. The van der Waals surface area contributed by atoms with Gasteiger partial charge in [-0.25, -0.2) is 0 Å². The van der Waals surface area contributed by atoms with E-state index < -0.39 is 0 Å². The van der Waals surface area contributed by atoms with Crippen LogP contribution in [0.3, 0.4) is 0 Å². The van der Waals surface area contributed by atoms with Crippen molar-refractivity contribution in [3.63, 3.8) is 0 Å². The molecule has 0 aromatic rings. The van der Waals surface area contributed by atoms with Crippen LogP contribution < -0.4 is 5.32 Å². The van der Waals surface area contributed by atoms with Crippen molar-refractivity contribution in [2.75, 3.05) is 0 Å². The summed E-state index contributed by atoms with van der Waals surface area (Å²) in [6, 6.07) is 0.414. The summed E-state index contributed by atoms with van der Waals surface area (Å²) in [4.78, 5) is 17.0. The van der Waals surface area contributed by atoms with Gasteiger partial charge in [-0.3, -0.25) is 9.79 Å². The summed E-state index contributed by atoms with van der Waals surface area (Å²) in [6.45, 7) is 8.09. The van der Waals surface area contributed by atoms with Crippen LogP contribution in [0.15, 0.2) is 4.99 Å². The topological polar surface area (TPSA) is 41.5 Å². The molecule has 1 aliphatic rings. The van der Waals surface area contributed by atoms with E-state index in [4.69, 9.17) is 4.99 Å². The van der Waals surface area contributed by atoms with Crippen LogP contribution in [0.25, 0.3) is 0 Å². The van der Waals surface area contributed by atoms with E-state index in [9.17, 15) is 4.79 Å². The molecule has 1 rings (SSSR count). The number of nitrogens with one attached hydrogen (secondary N) is 1. The third-order valence-corrected chi connectivity index (χ3v) is 4.60. The van der Waals surface area contributed by atoms with E-state index in [2.05, 4.69) is 19.2 Å². The molecule has 0 aromatic heterocycles. The first kappa shape index (κ1) is 16.2. The molecule has 1 saturated carbocycles. The van der Waals surface area contributed by atoms with Crippen LogP contribution in [0.1, 0.15) is 79.1 Å². The summed E-state index contributed by atoms with van der Waals surface area (Å²) in [5.74, 6) is 0.914. The number of rotatable bonds is 4. The van der Waals surface area contributed by atoms with Crippen molar-refractivity contribution < 1.29 is 4.79 Å². The molecule has 0 spiro atoms. The Morgan fingerprint density at radius 1 is 1.16 bits per heavy atom. The Hall–Kier alpha value is -0.860. The van der Waals surface area contributed by atoms with Gasteiger partial charge >= 0.3 is 0 Å². The monoisotopic (exact) mass is 266 g/mol. The van der Waals surface area contributed by atoms with Crippen molar-refractivity contribution in [3.05, 3.63) is 0 Å². The minimum absolute atomic E-state index is 0.118. The van der Waals surface area contributed by atoms with Crippen molar-refractivity contribution >= 4 is 11.7 Å². The van der Waals surface area contributed by atoms with Gasteiger partial charge in [-0.1, -0.05) is 46.5 Å². The first-order chi connectivity index (χ1) is 9.01. The maximum Gasteiger partial charge on any atom is 0.231 e. The summed E-state index contributed by atoms with van der Waals surface area (Å²) in [7, 11) is 0. The van der Waals surface area contributed by atoms with Crippen LogP contribution in [-0.2, 0) is 4.79 Å². The standard InChI is InChI=1S/C16H30N2O/c1-5-16(4,6-2)15(19)18-13(3)17-14-11-9-7-8-10-12-14/h14H,5-12H2,1-4H3,(H,17,18,19). The van der Waals surface area contributed by atoms with Crippen LogP contribution in [0.4, 0.5) is 0 Å². The normalized spacial score (nSPS) is 19.1. The Bertz CT molecular complexity index is 311. The summed E-state index contributed by atoms with van der Waals surface area (Å²) in [5, 5.41) is 3.00. The van der Waals surface area contributed by atoms with Gasteiger partial charge in [0.2, 0.25) is 5.91 Å². The number of carbonyl (C=O) groups is 1. The Morgan fingerprint density at radius 3 is 2.16 bits per heavy atom. The summed E-state index contributed by atoms with van der Waals surface area (Å²) in [5.41, 5.74) is -0.264. The maximum atomic E-state index is 12.3. The zero-order valence-corrected chi connectivity index (χ0v) is 13.1. The number of hydrogen-bond donors (Lipinski definition) is 1. The second kappa shape index (κ2) is 7.66. The highest BCUT2D eigenvalue weighted by Gasteiger charge is 2.29. The van der Waals surface area contributed by atoms with E-state index in [0.29, 0.717) is 6.04 Å². The van der Waals surface area contributed by atoms with Crippen molar-refractivity contribution in [1.29, 1.82) is 0 Å². The highest BCUT2D eigenvalue weighted by atomic mass is 16.2. The fraction of sp³-hybridized carbons (Fsp3) is 0.875. The first-order valence-corrected chi connectivity index (χ1v) is 7.87. The van der Waals surface area contributed by atoms with Gasteiger partial charge < -0.3 is 5.32 Å². The van der Waals surface area contributed by atoms with E-state index in [1.165, 1.54) is 38.5 Å². The Kier molecular flexibility index (Phi) is 6.53. The van der Waals surface area contributed by atoms with Crippen LogP contribution in [-0.4, -0.2) is 17.8 Å². The van der Waals surface area contributed by atoms with Crippen LogP contribution in [0, 0.1) is 5.41 Å². The van der Waals surface area contributed by atoms with Gasteiger partial charge in [0.1, 0.15) is 5.84 Å². The number of amidine groups is 1. The lowest BCUT2D eigenvalue weighted by Gasteiger charge is -2.25. The number of nitrogens with zero attached hydrogens (tertiary/aromatic N) is 1. The van der Waals surface area contributed by atoms with Crippen molar-refractivity contribution in [3.8, 4) is 0 Å². The molecule has 0 unspecified atom stereocenters. The number of hydrogen-bond acceptors (Lipinski definition) is 2. The molecule has 110 valence electrons. The van der Waals surface area contributed by atoms with Gasteiger partial charge in [-0.05, 0) is 32.6 Å². The van der Waals surface area contributed by atoms with E-state index in [1.807, 2.05) is 13.8 Å². The summed E-state index contributed by atoms with van der Waals surface area (Å²) in [6.07, 6.45) is 9.30. The molecule has 0 heterocycles. The minimum Gasteiger partial charge on any atom is -0.314 e. The molecule has 1 fully saturated rings. The second-order valence-corrected chi connectivity index (χ2v) is 6.08. The van der Waals surface area contributed by atoms with E-state index in [-0.39, 0.29) is 11.3 Å². The van der Waals surface area contributed by atoms with Gasteiger partial charge in [-0.15, -0.1) is 0 Å². The average molecular weight is 266 g/mol. The molecule has 0 atom stereocenters. The molecule has 0 aromatic carbocycles. The van der Waals surface area contributed by atoms with E-state index in [0.717, 1.165) is 18.7 Å². The highest BCUT2D eigenvalue weighted by molar-refractivity contribution is 5.99. The van der Waals surface area contributed by atoms with Crippen molar-refractivity contribution in [1.82, 2.24) is 5.32 Å². The Labute approximate surface area is 118 Å². The molecule has 0 bridgehead atoms. The van der Waals surface area contributed by atoms with Crippen LogP contribution in [0.5, 0.6) is 0 Å².